The van der Waals surface area contributed by atoms with E-state index < -0.39 is 0 Å². The molecule has 0 aliphatic rings. The Morgan fingerprint density at radius 1 is 1.44 bits per heavy atom. The van der Waals surface area contributed by atoms with Gasteiger partial charge in [-0.3, -0.25) is 4.98 Å². The number of fused-ring (bicyclic) bond motifs is 1. The van der Waals surface area contributed by atoms with E-state index in [0.29, 0.717) is 5.69 Å². The van der Waals surface area contributed by atoms with Gasteiger partial charge in [-0.25, -0.2) is 0 Å². The quantitative estimate of drug-likeness (QED) is 0.632. The summed E-state index contributed by atoms with van der Waals surface area (Å²) < 4.78 is 0. The predicted octanol–water partition coefficient (Wildman–Crippen LogP) is 2.29. The Bertz CT molecular complexity index is 501. The number of aromatic nitrogens is 1. The van der Waals surface area contributed by atoms with Gasteiger partial charge >= 0.3 is 0 Å². The number of anilines is 1. The molecule has 2 rings (SSSR count). The summed E-state index contributed by atoms with van der Waals surface area (Å²) in [7, 11) is 0. The van der Waals surface area contributed by atoms with Gasteiger partial charge in [0, 0.05) is 21.7 Å². The van der Waals surface area contributed by atoms with Crippen LogP contribution >= 0.6 is 11.8 Å². The Balaban J connectivity index is 2.50. The van der Waals surface area contributed by atoms with Crippen LogP contribution in [-0.2, 0) is 0 Å². The zero-order valence-corrected chi connectivity index (χ0v) is 9.87. The first-order valence-corrected chi connectivity index (χ1v) is 6.01. The first kappa shape index (κ1) is 11.2. The van der Waals surface area contributed by atoms with Crippen molar-refractivity contribution in [3.8, 4) is 0 Å². The van der Waals surface area contributed by atoms with Crippen LogP contribution in [0.1, 0.15) is 6.92 Å². The molecule has 0 aliphatic carbocycles. The number of aliphatic hydroxyl groups is 1. The minimum Gasteiger partial charge on any atom is -0.397 e. The van der Waals surface area contributed by atoms with Crippen LogP contribution < -0.4 is 5.73 Å². The molecule has 0 fully saturated rings. The van der Waals surface area contributed by atoms with Crippen molar-refractivity contribution >= 4 is 28.4 Å². The van der Waals surface area contributed by atoms with Gasteiger partial charge in [0.15, 0.2) is 0 Å². The van der Waals surface area contributed by atoms with E-state index in [9.17, 15) is 0 Å². The fraction of sp³-hybridized carbons (Fsp3) is 0.250. The SMILES string of the molecule is CC(CO)Sc1ccc(N)c2ncccc12. The highest BCUT2D eigenvalue weighted by molar-refractivity contribution is 8.00. The number of rotatable bonds is 3. The molecule has 0 aliphatic heterocycles. The van der Waals surface area contributed by atoms with Crippen LogP contribution in [0.3, 0.4) is 0 Å². The fourth-order valence-corrected chi connectivity index (χ4v) is 2.47. The van der Waals surface area contributed by atoms with Crippen LogP contribution in [0.2, 0.25) is 0 Å². The lowest BCUT2D eigenvalue weighted by molar-refractivity contribution is 0.300. The Morgan fingerprint density at radius 3 is 3.00 bits per heavy atom. The minimum absolute atomic E-state index is 0.163. The van der Waals surface area contributed by atoms with Crippen molar-refractivity contribution in [2.45, 2.75) is 17.1 Å². The summed E-state index contributed by atoms with van der Waals surface area (Å²) in [6.45, 7) is 2.15. The zero-order valence-electron chi connectivity index (χ0n) is 9.05. The topological polar surface area (TPSA) is 59.1 Å². The monoisotopic (exact) mass is 234 g/mol. The molecule has 16 heavy (non-hydrogen) atoms. The summed E-state index contributed by atoms with van der Waals surface area (Å²) in [6, 6.07) is 7.75. The lowest BCUT2D eigenvalue weighted by Crippen LogP contribution is -2.02. The highest BCUT2D eigenvalue weighted by atomic mass is 32.2. The van der Waals surface area contributed by atoms with Crippen LogP contribution in [0.15, 0.2) is 35.4 Å². The molecule has 0 spiro atoms. The molecule has 0 bridgehead atoms. The van der Waals surface area contributed by atoms with Crippen molar-refractivity contribution in [3.63, 3.8) is 0 Å². The molecular weight excluding hydrogens is 220 g/mol. The second-order valence-corrected chi connectivity index (χ2v) is 5.14. The molecule has 0 radical (unpaired) electrons. The molecule has 2 aromatic rings. The molecule has 84 valence electrons. The summed E-state index contributed by atoms with van der Waals surface area (Å²) in [5.74, 6) is 0. The molecule has 0 saturated carbocycles. The minimum atomic E-state index is 0.163. The lowest BCUT2D eigenvalue weighted by Gasteiger charge is -2.11. The normalized spacial score (nSPS) is 12.9. The summed E-state index contributed by atoms with van der Waals surface area (Å²) >= 11 is 1.64. The average molecular weight is 234 g/mol. The average Bonchev–Trinajstić information content (AvgIpc) is 2.33. The van der Waals surface area contributed by atoms with Crippen molar-refractivity contribution in [1.29, 1.82) is 0 Å². The fourth-order valence-electron chi connectivity index (χ4n) is 1.53. The maximum atomic E-state index is 9.06. The van der Waals surface area contributed by atoms with Crippen LogP contribution in [0.5, 0.6) is 0 Å². The van der Waals surface area contributed by atoms with Gasteiger partial charge in [0.05, 0.1) is 17.8 Å². The number of nitrogen functional groups attached to an aromatic ring is 1. The van der Waals surface area contributed by atoms with E-state index in [-0.39, 0.29) is 11.9 Å². The largest absolute Gasteiger partial charge is 0.397 e. The Morgan fingerprint density at radius 2 is 2.25 bits per heavy atom. The van der Waals surface area contributed by atoms with Crippen molar-refractivity contribution in [2.24, 2.45) is 0 Å². The molecule has 3 N–H and O–H groups in total. The molecule has 1 atom stereocenters. The van der Waals surface area contributed by atoms with Crippen LogP contribution in [0.25, 0.3) is 10.9 Å². The van der Waals surface area contributed by atoms with Crippen molar-refractivity contribution in [2.75, 3.05) is 12.3 Å². The second kappa shape index (κ2) is 4.72. The van der Waals surface area contributed by atoms with Crippen molar-refractivity contribution < 1.29 is 5.11 Å². The maximum absolute atomic E-state index is 9.06. The van der Waals surface area contributed by atoms with Gasteiger partial charge in [-0.05, 0) is 18.2 Å². The Labute approximate surface area is 98.7 Å². The number of nitrogens with two attached hydrogens (primary N) is 1. The molecule has 3 nitrogen and oxygen atoms in total. The summed E-state index contributed by atoms with van der Waals surface area (Å²) in [5, 5.41) is 10.3. The molecule has 1 aromatic carbocycles. The third-order valence-corrected chi connectivity index (χ3v) is 3.51. The van der Waals surface area contributed by atoms with Gasteiger partial charge in [0.2, 0.25) is 0 Å². The van der Waals surface area contributed by atoms with E-state index in [1.165, 1.54) is 0 Å². The Hall–Kier alpha value is -1.26. The van der Waals surface area contributed by atoms with E-state index in [2.05, 4.69) is 4.98 Å². The first-order valence-electron chi connectivity index (χ1n) is 5.13. The van der Waals surface area contributed by atoms with E-state index in [4.69, 9.17) is 10.8 Å². The smallest absolute Gasteiger partial charge is 0.0942 e. The van der Waals surface area contributed by atoms with Crippen LogP contribution in [0, 0.1) is 0 Å². The zero-order chi connectivity index (χ0) is 11.5. The molecule has 0 amide bonds. The highest BCUT2D eigenvalue weighted by Gasteiger charge is 2.08. The number of aliphatic hydroxyl groups excluding tert-OH is 1. The van der Waals surface area contributed by atoms with Crippen molar-refractivity contribution in [3.05, 3.63) is 30.5 Å². The Kier molecular flexibility index (Phi) is 3.31. The molecule has 1 heterocycles. The molecule has 0 saturated heterocycles. The highest BCUT2D eigenvalue weighted by Crippen LogP contribution is 2.32. The maximum Gasteiger partial charge on any atom is 0.0942 e. The van der Waals surface area contributed by atoms with Gasteiger partial charge in [0.25, 0.3) is 0 Å². The number of nitrogens with zero attached hydrogens (tertiary/aromatic N) is 1. The number of benzene rings is 1. The lowest BCUT2D eigenvalue weighted by atomic mass is 10.2. The third-order valence-electron chi connectivity index (χ3n) is 2.35. The van der Waals surface area contributed by atoms with Gasteiger partial charge in [-0.2, -0.15) is 0 Å². The molecule has 1 unspecified atom stereocenters. The van der Waals surface area contributed by atoms with E-state index in [0.717, 1.165) is 15.8 Å². The number of hydrogen-bond acceptors (Lipinski definition) is 4. The van der Waals surface area contributed by atoms with Crippen LogP contribution in [0.4, 0.5) is 5.69 Å². The van der Waals surface area contributed by atoms with Crippen molar-refractivity contribution in [1.82, 2.24) is 4.98 Å². The molecular formula is C12H14N2OS. The van der Waals surface area contributed by atoms with Crippen LogP contribution in [-0.4, -0.2) is 21.9 Å². The van der Waals surface area contributed by atoms with Gasteiger partial charge in [-0.15, -0.1) is 11.8 Å². The summed E-state index contributed by atoms with van der Waals surface area (Å²) in [4.78, 5) is 5.38. The van der Waals surface area contributed by atoms with E-state index in [1.807, 2.05) is 31.2 Å². The number of hydrogen-bond donors (Lipinski definition) is 2. The second-order valence-electron chi connectivity index (χ2n) is 3.66. The van der Waals surface area contributed by atoms with Gasteiger partial charge < -0.3 is 10.8 Å². The molecule has 1 aromatic heterocycles. The first-order chi connectivity index (χ1) is 7.72. The summed E-state index contributed by atoms with van der Waals surface area (Å²) in [6.07, 6.45) is 1.74. The van der Waals surface area contributed by atoms with Gasteiger partial charge in [-0.1, -0.05) is 13.0 Å². The number of pyridine rings is 1. The van der Waals surface area contributed by atoms with Gasteiger partial charge in [0.1, 0.15) is 0 Å². The standard InChI is InChI=1S/C12H14N2OS/c1-8(7-15)16-11-5-4-10(13)12-9(11)3-2-6-14-12/h2-6,8,15H,7,13H2,1H3. The van der Waals surface area contributed by atoms with E-state index >= 15 is 0 Å². The summed E-state index contributed by atoms with van der Waals surface area (Å²) in [5.41, 5.74) is 7.39. The third kappa shape index (κ3) is 2.13. The predicted molar refractivity (Wildman–Crippen MR) is 68.6 cm³/mol. The number of thioether (sulfide) groups is 1. The van der Waals surface area contributed by atoms with E-state index in [1.54, 1.807) is 18.0 Å². The molecule has 4 heteroatoms.